The second-order valence-electron chi connectivity index (χ2n) is 5.45. The highest BCUT2D eigenvalue weighted by molar-refractivity contribution is 5.86. The minimum Gasteiger partial charge on any atom is -0.507 e. The monoisotopic (exact) mass is 357 g/mol. The van der Waals surface area contributed by atoms with Crippen LogP contribution in [0.1, 0.15) is 11.1 Å². The number of phenolic OH excluding ortho intramolecular Hbond substituents is 1. The van der Waals surface area contributed by atoms with Gasteiger partial charge in [-0.1, -0.05) is 6.07 Å². The van der Waals surface area contributed by atoms with Crippen LogP contribution in [0.25, 0.3) is 0 Å². The molecule has 0 saturated heterocycles. The van der Waals surface area contributed by atoms with Gasteiger partial charge in [0, 0.05) is 17.7 Å². The molecule has 0 bridgehead atoms. The third-order valence-corrected chi connectivity index (χ3v) is 3.59. The molecule has 134 valence electrons. The Morgan fingerprint density at radius 2 is 2.00 bits per heavy atom. The summed E-state index contributed by atoms with van der Waals surface area (Å²) in [6, 6.07) is 8.74. The van der Waals surface area contributed by atoms with Crippen molar-refractivity contribution in [2.45, 2.75) is 6.42 Å². The van der Waals surface area contributed by atoms with Gasteiger partial charge < -0.3 is 14.6 Å². The van der Waals surface area contributed by atoms with E-state index < -0.39 is 4.92 Å². The molecule has 2 aromatic rings. The van der Waals surface area contributed by atoms with E-state index in [1.165, 1.54) is 12.1 Å². The minimum absolute atomic E-state index is 0.0644. The number of hydrazone groups is 1. The summed E-state index contributed by atoms with van der Waals surface area (Å²) < 4.78 is 10.9. The fourth-order valence-corrected chi connectivity index (χ4v) is 2.36. The molecule has 1 aliphatic heterocycles. The molecule has 0 saturated carbocycles. The normalized spacial score (nSPS) is 12.8. The van der Waals surface area contributed by atoms with Gasteiger partial charge in [-0.15, -0.1) is 0 Å². The largest absolute Gasteiger partial charge is 0.507 e. The second kappa shape index (κ2) is 7.51. The number of nitrogens with zero attached hydrogens (tertiary/aromatic N) is 2. The van der Waals surface area contributed by atoms with Crippen LogP contribution in [0.5, 0.6) is 17.2 Å². The van der Waals surface area contributed by atoms with E-state index >= 15 is 0 Å². The number of carbonyl (C=O) groups is 1. The zero-order valence-corrected chi connectivity index (χ0v) is 13.5. The molecular weight excluding hydrogens is 342 g/mol. The van der Waals surface area contributed by atoms with Gasteiger partial charge in [0.1, 0.15) is 19.0 Å². The molecule has 2 N–H and O–H groups in total. The van der Waals surface area contributed by atoms with Crippen LogP contribution in [0.3, 0.4) is 0 Å². The lowest BCUT2D eigenvalue weighted by Crippen LogP contribution is -2.20. The van der Waals surface area contributed by atoms with Gasteiger partial charge in [-0.3, -0.25) is 14.9 Å². The molecule has 0 unspecified atom stereocenters. The third kappa shape index (κ3) is 4.07. The Kier molecular flexibility index (Phi) is 4.97. The smallest absolute Gasteiger partial charge is 0.270 e. The quantitative estimate of drug-likeness (QED) is 0.477. The number of aromatic hydroxyl groups is 1. The van der Waals surface area contributed by atoms with Gasteiger partial charge in [-0.25, -0.2) is 5.43 Å². The van der Waals surface area contributed by atoms with Crippen LogP contribution in [0.4, 0.5) is 5.69 Å². The minimum atomic E-state index is -0.586. The number of amides is 1. The van der Waals surface area contributed by atoms with Gasteiger partial charge in [0.2, 0.25) is 5.91 Å². The van der Waals surface area contributed by atoms with Crippen molar-refractivity contribution < 1.29 is 24.3 Å². The second-order valence-corrected chi connectivity index (χ2v) is 5.45. The average molecular weight is 357 g/mol. The number of hydrogen-bond acceptors (Lipinski definition) is 7. The van der Waals surface area contributed by atoms with Crippen molar-refractivity contribution in [1.82, 2.24) is 5.43 Å². The summed E-state index contributed by atoms with van der Waals surface area (Å²) in [5, 5.41) is 24.1. The zero-order valence-electron chi connectivity index (χ0n) is 13.5. The SMILES string of the molecule is O=C(Cc1ccc2c(c1)OCCO2)NN=Cc1cc([N+](=O)[O-])ccc1O. The Morgan fingerprint density at radius 1 is 1.23 bits per heavy atom. The topological polar surface area (TPSA) is 123 Å². The van der Waals surface area contributed by atoms with Crippen molar-refractivity contribution >= 4 is 17.8 Å². The van der Waals surface area contributed by atoms with Gasteiger partial charge in [0.15, 0.2) is 11.5 Å². The number of carbonyl (C=O) groups excluding carboxylic acids is 1. The van der Waals surface area contributed by atoms with Crippen LogP contribution >= 0.6 is 0 Å². The van der Waals surface area contributed by atoms with Crippen molar-refractivity contribution in [3.8, 4) is 17.2 Å². The summed E-state index contributed by atoms with van der Waals surface area (Å²) in [5.41, 5.74) is 2.97. The zero-order chi connectivity index (χ0) is 18.5. The van der Waals surface area contributed by atoms with Crippen molar-refractivity contribution in [2.75, 3.05) is 13.2 Å². The number of hydrogen-bond donors (Lipinski definition) is 2. The van der Waals surface area contributed by atoms with E-state index in [0.29, 0.717) is 24.7 Å². The van der Waals surface area contributed by atoms with E-state index in [4.69, 9.17) is 9.47 Å². The Labute approximate surface area is 148 Å². The van der Waals surface area contributed by atoms with E-state index in [9.17, 15) is 20.0 Å². The van der Waals surface area contributed by atoms with Gasteiger partial charge in [-0.2, -0.15) is 5.10 Å². The number of nitrogens with one attached hydrogen (secondary N) is 1. The first-order valence-corrected chi connectivity index (χ1v) is 7.71. The summed E-state index contributed by atoms with van der Waals surface area (Å²) in [4.78, 5) is 22.1. The average Bonchev–Trinajstić information content (AvgIpc) is 2.63. The molecule has 2 aromatic carbocycles. The van der Waals surface area contributed by atoms with Crippen LogP contribution < -0.4 is 14.9 Å². The highest BCUT2D eigenvalue weighted by Gasteiger charge is 2.13. The highest BCUT2D eigenvalue weighted by Crippen LogP contribution is 2.30. The van der Waals surface area contributed by atoms with Crippen LogP contribution in [-0.4, -0.2) is 35.4 Å². The van der Waals surface area contributed by atoms with E-state index in [1.807, 2.05) is 0 Å². The number of rotatable bonds is 5. The van der Waals surface area contributed by atoms with Crippen molar-refractivity contribution in [1.29, 1.82) is 0 Å². The molecule has 0 fully saturated rings. The number of nitro benzene ring substituents is 1. The molecule has 26 heavy (non-hydrogen) atoms. The molecule has 9 nitrogen and oxygen atoms in total. The number of fused-ring (bicyclic) bond motifs is 1. The number of benzene rings is 2. The third-order valence-electron chi connectivity index (χ3n) is 3.59. The highest BCUT2D eigenvalue weighted by atomic mass is 16.6. The van der Waals surface area contributed by atoms with E-state index in [1.54, 1.807) is 18.2 Å². The summed E-state index contributed by atoms with van der Waals surface area (Å²) >= 11 is 0. The van der Waals surface area contributed by atoms with Crippen molar-refractivity contribution in [2.24, 2.45) is 5.10 Å². The molecule has 1 amide bonds. The van der Waals surface area contributed by atoms with E-state index in [-0.39, 0.29) is 29.3 Å². The lowest BCUT2D eigenvalue weighted by atomic mass is 10.1. The van der Waals surface area contributed by atoms with Crippen LogP contribution in [0.2, 0.25) is 0 Å². The molecule has 1 heterocycles. The van der Waals surface area contributed by atoms with Gasteiger partial charge in [-0.05, 0) is 23.8 Å². The fraction of sp³-hybridized carbons (Fsp3) is 0.176. The fourth-order valence-electron chi connectivity index (χ4n) is 2.36. The maximum absolute atomic E-state index is 12.0. The molecule has 0 radical (unpaired) electrons. The molecule has 0 aromatic heterocycles. The summed E-state index contributed by atoms with van der Waals surface area (Å²) in [6.07, 6.45) is 1.21. The first kappa shape index (κ1) is 17.2. The predicted molar refractivity (Wildman–Crippen MR) is 91.6 cm³/mol. The molecule has 1 aliphatic rings. The van der Waals surface area contributed by atoms with Crippen LogP contribution in [0.15, 0.2) is 41.5 Å². The Hall–Kier alpha value is -3.62. The first-order valence-electron chi connectivity index (χ1n) is 7.71. The molecule has 9 heteroatoms. The summed E-state index contributed by atoms with van der Waals surface area (Å²) in [7, 11) is 0. The molecule has 0 atom stereocenters. The number of non-ortho nitro benzene ring substituents is 1. The van der Waals surface area contributed by atoms with E-state index in [0.717, 1.165) is 17.8 Å². The molecule has 3 rings (SSSR count). The van der Waals surface area contributed by atoms with Crippen molar-refractivity contribution in [3.05, 3.63) is 57.6 Å². The first-order chi connectivity index (χ1) is 12.5. The number of phenols is 1. The van der Waals surface area contributed by atoms with Crippen molar-refractivity contribution in [3.63, 3.8) is 0 Å². The van der Waals surface area contributed by atoms with Crippen LogP contribution in [0, 0.1) is 10.1 Å². The standard InChI is InChI=1S/C17H15N3O6/c21-14-3-2-13(20(23)24)9-12(14)10-18-19-17(22)8-11-1-4-15-16(7-11)26-6-5-25-15/h1-4,7,9-10,21H,5-6,8H2,(H,19,22). The van der Waals surface area contributed by atoms with Gasteiger partial charge in [0.25, 0.3) is 5.69 Å². The maximum atomic E-state index is 12.0. The molecule has 0 aliphatic carbocycles. The van der Waals surface area contributed by atoms with Gasteiger partial charge in [0.05, 0.1) is 17.6 Å². The van der Waals surface area contributed by atoms with Gasteiger partial charge >= 0.3 is 0 Å². The molecular formula is C17H15N3O6. The Balaban J connectivity index is 1.61. The Morgan fingerprint density at radius 3 is 2.77 bits per heavy atom. The number of ether oxygens (including phenoxy) is 2. The predicted octanol–water partition coefficient (Wildman–Crippen LogP) is 1.76. The Bertz CT molecular complexity index is 881. The maximum Gasteiger partial charge on any atom is 0.270 e. The lowest BCUT2D eigenvalue weighted by Gasteiger charge is -2.18. The lowest BCUT2D eigenvalue weighted by molar-refractivity contribution is -0.384. The summed E-state index contributed by atoms with van der Waals surface area (Å²) in [5.74, 6) is 0.662. The van der Waals surface area contributed by atoms with E-state index in [2.05, 4.69) is 10.5 Å². The van der Waals surface area contributed by atoms with Crippen LogP contribution in [-0.2, 0) is 11.2 Å². The summed E-state index contributed by atoms with van der Waals surface area (Å²) in [6.45, 7) is 0.950. The number of nitro groups is 1. The molecule has 0 spiro atoms.